The molecule has 3 N–H and O–H groups in total. The second-order valence-corrected chi connectivity index (χ2v) is 10.3. The largest absolute Gasteiger partial charge is 0.493 e. The molecule has 178 valence electrons. The molecule has 2 rings (SSSR count). The van der Waals surface area contributed by atoms with Crippen molar-refractivity contribution >= 4 is 26.9 Å². The lowest BCUT2D eigenvalue weighted by Gasteiger charge is -2.29. The predicted octanol–water partition coefficient (Wildman–Crippen LogP) is 2.79. The Morgan fingerprint density at radius 3 is 2.59 bits per heavy atom. The van der Waals surface area contributed by atoms with Crippen molar-refractivity contribution in [3.63, 3.8) is 0 Å². The Kier molecular flexibility index (Phi) is 8.44. The Labute approximate surface area is 189 Å². The standard InChI is InChI=1S/C22H33N3O6S/c1-6-16-13-23-20(27)17-9-7-10-18(19(16)17)32(29,30)24-15(2)14-25(11-8-12-26)21(28)31-22(3,4)5/h7,9-10,13,15,24,26H,6,8,11-12,14H2,1-5H3,(H,23,27). The minimum Gasteiger partial charge on any atom is -0.493 e. The maximum absolute atomic E-state index is 13.2. The summed E-state index contributed by atoms with van der Waals surface area (Å²) in [5.41, 5.74) is -0.00270. The van der Waals surface area contributed by atoms with Crippen molar-refractivity contribution < 1.29 is 28.2 Å². The van der Waals surface area contributed by atoms with Crippen LogP contribution in [0.1, 0.15) is 46.6 Å². The number of carbonyl (C=O) groups is 1. The number of nitrogens with one attached hydrogen (secondary N) is 1. The predicted molar refractivity (Wildman–Crippen MR) is 122 cm³/mol. The molecule has 1 aromatic heterocycles. The normalized spacial score (nSPS) is 13.2. The molecule has 32 heavy (non-hydrogen) atoms. The lowest BCUT2D eigenvalue weighted by molar-refractivity contribution is 0.0229. The Balaban J connectivity index is 2.31. The summed E-state index contributed by atoms with van der Waals surface area (Å²) >= 11 is 0. The third kappa shape index (κ3) is 6.54. The minimum atomic E-state index is -3.98. The van der Waals surface area contributed by atoms with Crippen LogP contribution in [0.15, 0.2) is 29.3 Å². The zero-order chi connectivity index (χ0) is 24.1. The first-order valence-corrected chi connectivity index (χ1v) is 12.1. The van der Waals surface area contributed by atoms with E-state index in [-0.39, 0.29) is 30.5 Å². The highest BCUT2D eigenvalue weighted by molar-refractivity contribution is 7.89. The van der Waals surface area contributed by atoms with E-state index in [0.29, 0.717) is 29.2 Å². The van der Waals surface area contributed by atoms with Crippen LogP contribution >= 0.6 is 0 Å². The molecule has 1 unspecified atom stereocenters. The number of rotatable bonds is 9. The number of hydrogen-bond donors (Lipinski definition) is 3. The molecule has 2 aromatic rings. The number of aliphatic hydroxyl groups is 1. The van der Waals surface area contributed by atoms with Crippen LogP contribution in [0.2, 0.25) is 0 Å². The second-order valence-electron chi connectivity index (χ2n) is 8.67. The number of pyridine rings is 1. The molecule has 0 radical (unpaired) electrons. The van der Waals surface area contributed by atoms with Crippen LogP contribution in [0.25, 0.3) is 10.8 Å². The Morgan fingerprint density at radius 2 is 2.00 bits per heavy atom. The SMILES string of the molecule is CCc1cnc(O)c2cccc(S(=O)(=O)NC(C)CN(CCCO)C(=O)OC(C)(C)C)c12. The quantitative estimate of drug-likeness (QED) is 0.517. The number of aromatic hydroxyl groups is 1. The van der Waals surface area contributed by atoms with E-state index in [1.807, 2.05) is 6.92 Å². The van der Waals surface area contributed by atoms with Gasteiger partial charge in [-0.1, -0.05) is 13.0 Å². The van der Waals surface area contributed by atoms with Crippen molar-refractivity contribution in [2.24, 2.45) is 0 Å². The van der Waals surface area contributed by atoms with Gasteiger partial charge in [-0.25, -0.2) is 22.9 Å². The molecule has 0 aliphatic rings. The van der Waals surface area contributed by atoms with Crippen LogP contribution in [0.4, 0.5) is 4.79 Å². The second kappa shape index (κ2) is 10.5. The van der Waals surface area contributed by atoms with E-state index in [2.05, 4.69) is 9.71 Å². The van der Waals surface area contributed by atoms with Gasteiger partial charge >= 0.3 is 6.09 Å². The van der Waals surface area contributed by atoms with Crippen LogP contribution in [0, 0.1) is 0 Å². The lowest BCUT2D eigenvalue weighted by Crippen LogP contribution is -2.46. The summed E-state index contributed by atoms with van der Waals surface area (Å²) in [7, 11) is -3.98. The number of benzene rings is 1. The van der Waals surface area contributed by atoms with Gasteiger partial charge in [-0.2, -0.15) is 0 Å². The fraction of sp³-hybridized carbons (Fsp3) is 0.545. The van der Waals surface area contributed by atoms with Crippen LogP contribution in [-0.2, 0) is 21.2 Å². The molecular weight excluding hydrogens is 434 g/mol. The summed E-state index contributed by atoms with van der Waals surface area (Å²) in [6.45, 7) is 8.96. The number of aliphatic hydroxyl groups excluding tert-OH is 1. The van der Waals surface area contributed by atoms with E-state index in [0.717, 1.165) is 0 Å². The number of amides is 1. The van der Waals surface area contributed by atoms with Gasteiger partial charge in [-0.05, 0) is 58.2 Å². The van der Waals surface area contributed by atoms with E-state index >= 15 is 0 Å². The zero-order valence-electron chi connectivity index (χ0n) is 19.3. The molecule has 0 spiro atoms. The van der Waals surface area contributed by atoms with Crippen molar-refractivity contribution in [3.05, 3.63) is 30.0 Å². The molecule has 10 heteroatoms. The topological polar surface area (TPSA) is 129 Å². The van der Waals surface area contributed by atoms with Crippen LogP contribution < -0.4 is 4.72 Å². The van der Waals surface area contributed by atoms with E-state index in [1.54, 1.807) is 39.8 Å². The maximum Gasteiger partial charge on any atom is 0.410 e. The number of aromatic nitrogens is 1. The van der Waals surface area contributed by atoms with E-state index in [4.69, 9.17) is 9.84 Å². The molecule has 1 atom stereocenters. The van der Waals surface area contributed by atoms with Crippen molar-refractivity contribution in [1.82, 2.24) is 14.6 Å². The number of fused-ring (bicyclic) bond motifs is 1. The summed E-state index contributed by atoms with van der Waals surface area (Å²) in [6, 6.07) is 4.02. The molecule has 0 saturated carbocycles. The molecule has 9 nitrogen and oxygen atoms in total. The summed E-state index contributed by atoms with van der Waals surface area (Å²) < 4.78 is 34.5. The molecule has 0 bridgehead atoms. The van der Waals surface area contributed by atoms with Crippen molar-refractivity contribution in [1.29, 1.82) is 0 Å². The van der Waals surface area contributed by atoms with Gasteiger partial charge < -0.3 is 19.8 Å². The number of nitrogens with zero attached hydrogens (tertiary/aromatic N) is 2. The van der Waals surface area contributed by atoms with Gasteiger partial charge in [-0.15, -0.1) is 0 Å². The van der Waals surface area contributed by atoms with Crippen molar-refractivity contribution in [2.75, 3.05) is 19.7 Å². The number of ether oxygens (including phenoxy) is 1. The van der Waals surface area contributed by atoms with Crippen LogP contribution in [0.5, 0.6) is 5.88 Å². The highest BCUT2D eigenvalue weighted by atomic mass is 32.2. The Bertz CT molecular complexity index is 1050. The zero-order valence-corrected chi connectivity index (χ0v) is 20.1. The Hall–Kier alpha value is -2.43. The number of sulfonamides is 1. The molecule has 0 aliphatic heterocycles. The third-order valence-electron chi connectivity index (χ3n) is 4.69. The van der Waals surface area contributed by atoms with E-state index in [1.165, 1.54) is 17.2 Å². The van der Waals surface area contributed by atoms with Gasteiger partial charge in [0.25, 0.3) is 0 Å². The first-order chi connectivity index (χ1) is 14.9. The molecule has 1 amide bonds. The van der Waals surface area contributed by atoms with E-state index < -0.39 is 27.8 Å². The molecule has 1 aromatic carbocycles. The number of carbonyl (C=O) groups excluding carboxylic acids is 1. The minimum absolute atomic E-state index is 0.0376. The highest BCUT2D eigenvalue weighted by Crippen LogP contribution is 2.31. The van der Waals surface area contributed by atoms with Gasteiger partial charge in [0.15, 0.2) is 0 Å². The summed E-state index contributed by atoms with van der Waals surface area (Å²) in [6.07, 6.45) is 1.78. The Morgan fingerprint density at radius 1 is 1.31 bits per heavy atom. The fourth-order valence-corrected chi connectivity index (χ4v) is 4.85. The maximum atomic E-state index is 13.2. The fourth-order valence-electron chi connectivity index (χ4n) is 3.36. The first-order valence-electron chi connectivity index (χ1n) is 10.6. The first kappa shape index (κ1) is 25.8. The van der Waals surface area contributed by atoms with Gasteiger partial charge in [0, 0.05) is 42.7 Å². The van der Waals surface area contributed by atoms with Crippen molar-refractivity contribution in [2.45, 2.75) is 64.0 Å². The van der Waals surface area contributed by atoms with Gasteiger partial charge in [0.2, 0.25) is 15.9 Å². The third-order valence-corrected chi connectivity index (χ3v) is 6.32. The molecular formula is C22H33N3O6S. The van der Waals surface area contributed by atoms with Gasteiger partial charge in [0.05, 0.1) is 4.90 Å². The number of hydrogen-bond acceptors (Lipinski definition) is 7. The van der Waals surface area contributed by atoms with E-state index in [9.17, 15) is 18.3 Å². The number of aryl methyl sites for hydroxylation is 1. The molecule has 1 heterocycles. The van der Waals surface area contributed by atoms with Crippen LogP contribution in [0.3, 0.4) is 0 Å². The summed E-state index contributed by atoms with van der Waals surface area (Å²) in [5, 5.41) is 20.1. The average Bonchev–Trinajstić information content (AvgIpc) is 2.69. The van der Waals surface area contributed by atoms with Crippen LogP contribution in [-0.4, -0.2) is 65.9 Å². The lowest BCUT2D eigenvalue weighted by atomic mass is 10.1. The summed E-state index contributed by atoms with van der Waals surface area (Å²) in [5.74, 6) is -0.234. The highest BCUT2D eigenvalue weighted by Gasteiger charge is 2.27. The molecule has 0 fully saturated rings. The monoisotopic (exact) mass is 467 g/mol. The van der Waals surface area contributed by atoms with Crippen molar-refractivity contribution in [3.8, 4) is 5.88 Å². The van der Waals surface area contributed by atoms with Gasteiger partial charge in [0.1, 0.15) is 5.60 Å². The molecule has 0 saturated heterocycles. The smallest absolute Gasteiger partial charge is 0.410 e. The summed E-state index contributed by atoms with van der Waals surface area (Å²) in [4.78, 5) is 17.9. The molecule has 0 aliphatic carbocycles. The average molecular weight is 468 g/mol. The van der Waals surface area contributed by atoms with Gasteiger partial charge in [-0.3, -0.25) is 0 Å².